The van der Waals surface area contributed by atoms with E-state index in [0.29, 0.717) is 29.8 Å². The van der Waals surface area contributed by atoms with E-state index in [4.69, 9.17) is 4.42 Å². The van der Waals surface area contributed by atoms with Crippen molar-refractivity contribution < 1.29 is 17.6 Å². The summed E-state index contributed by atoms with van der Waals surface area (Å²) in [5, 5.41) is 10.1. The summed E-state index contributed by atoms with van der Waals surface area (Å²) in [6.45, 7) is 1.16. The molecular formula is C23H21N5O4S2. The highest BCUT2D eigenvalue weighted by atomic mass is 32.2. The predicted molar refractivity (Wildman–Crippen MR) is 128 cm³/mol. The summed E-state index contributed by atoms with van der Waals surface area (Å²) in [5.41, 5.74) is 0.705. The van der Waals surface area contributed by atoms with E-state index in [1.165, 1.54) is 4.31 Å². The Labute approximate surface area is 200 Å². The summed E-state index contributed by atoms with van der Waals surface area (Å²) in [6.07, 6.45) is 3.28. The van der Waals surface area contributed by atoms with Crippen LogP contribution in [0.25, 0.3) is 22.2 Å². The lowest BCUT2D eigenvalue weighted by atomic mass is 10.1. The van der Waals surface area contributed by atoms with Gasteiger partial charge in [-0.25, -0.2) is 8.42 Å². The van der Waals surface area contributed by atoms with Gasteiger partial charge in [0.05, 0.1) is 16.2 Å². The molecule has 1 aliphatic rings. The van der Waals surface area contributed by atoms with Crippen molar-refractivity contribution in [1.29, 1.82) is 0 Å². The number of piperazine rings is 1. The van der Waals surface area contributed by atoms with Crippen LogP contribution in [0, 0.1) is 0 Å². The van der Waals surface area contributed by atoms with Crippen LogP contribution in [0.3, 0.4) is 0 Å². The molecule has 174 valence electrons. The number of aromatic nitrogens is 3. The Kier molecular flexibility index (Phi) is 6.31. The standard InChI is InChI=1S/C23H21N5O4S2/c29-21(16-33-23-26-25-22(32-23)19-6-3-9-24-15-19)27-10-12-28(13-11-27)34(30,31)20-8-7-17-4-1-2-5-18(17)14-20/h1-9,14-15H,10-13,16H2. The number of benzene rings is 2. The molecule has 0 aliphatic carbocycles. The van der Waals surface area contributed by atoms with Gasteiger partial charge < -0.3 is 9.32 Å². The number of sulfonamides is 1. The molecule has 0 atom stereocenters. The monoisotopic (exact) mass is 495 g/mol. The van der Waals surface area contributed by atoms with E-state index < -0.39 is 10.0 Å². The smallest absolute Gasteiger partial charge is 0.277 e. The van der Waals surface area contributed by atoms with Gasteiger partial charge in [-0.15, -0.1) is 10.2 Å². The number of fused-ring (bicyclic) bond motifs is 1. The maximum atomic E-state index is 13.1. The van der Waals surface area contributed by atoms with Crippen LogP contribution in [-0.2, 0) is 14.8 Å². The number of pyridine rings is 1. The number of nitrogens with zero attached hydrogens (tertiary/aromatic N) is 5. The first kappa shape index (κ1) is 22.5. The first-order valence-electron chi connectivity index (χ1n) is 10.6. The Morgan fingerprint density at radius 1 is 0.971 bits per heavy atom. The van der Waals surface area contributed by atoms with Crippen molar-refractivity contribution in [3.63, 3.8) is 0 Å². The fourth-order valence-electron chi connectivity index (χ4n) is 3.74. The van der Waals surface area contributed by atoms with E-state index in [1.54, 1.807) is 35.5 Å². The molecule has 9 nitrogen and oxygen atoms in total. The molecule has 0 spiro atoms. The highest BCUT2D eigenvalue weighted by molar-refractivity contribution is 7.99. The molecule has 0 saturated carbocycles. The predicted octanol–water partition coefficient (Wildman–Crippen LogP) is 2.91. The molecule has 3 heterocycles. The van der Waals surface area contributed by atoms with E-state index >= 15 is 0 Å². The Hall–Kier alpha value is -3.28. The van der Waals surface area contributed by atoms with Gasteiger partial charge in [0.1, 0.15) is 0 Å². The normalized spacial score (nSPS) is 15.0. The molecule has 1 aliphatic heterocycles. The number of carbonyl (C=O) groups excluding carboxylic acids is 1. The van der Waals surface area contributed by atoms with Crippen molar-refractivity contribution in [2.45, 2.75) is 10.1 Å². The molecule has 11 heteroatoms. The minimum atomic E-state index is -3.63. The van der Waals surface area contributed by atoms with Gasteiger partial charge in [-0.3, -0.25) is 9.78 Å². The molecule has 0 bridgehead atoms. The van der Waals surface area contributed by atoms with Crippen LogP contribution in [0.1, 0.15) is 0 Å². The Morgan fingerprint density at radius 3 is 2.53 bits per heavy atom. The van der Waals surface area contributed by atoms with Crippen LogP contribution in [0.15, 0.2) is 81.5 Å². The Morgan fingerprint density at radius 2 is 1.76 bits per heavy atom. The molecule has 5 rings (SSSR count). The molecule has 0 unspecified atom stereocenters. The van der Waals surface area contributed by atoms with Crippen molar-refractivity contribution in [1.82, 2.24) is 24.4 Å². The molecule has 1 amide bonds. The number of hydrogen-bond acceptors (Lipinski definition) is 8. The van der Waals surface area contributed by atoms with E-state index in [-0.39, 0.29) is 29.6 Å². The molecule has 0 N–H and O–H groups in total. The molecule has 4 aromatic rings. The summed E-state index contributed by atoms with van der Waals surface area (Å²) in [5.74, 6) is 0.371. The maximum Gasteiger partial charge on any atom is 0.277 e. The highest BCUT2D eigenvalue weighted by Crippen LogP contribution is 2.25. The molecule has 34 heavy (non-hydrogen) atoms. The first-order chi connectivity index (χ1) is 16.5. The van der Waals surface area contributed by atoms with Crippen LogP contribution in [0.4, 0.5) is 0 Å². The van der Waals surface area contributed by atoms with E-state index in [0.717, 1.165) is 22.5 Å². The summed E-state index contributed by atoms with van der Waals surface area (Å²) in [4.78, 5) is 18.6. The van der Waals surface area contributed by atoms with Gasteiger partial charge in [-0.05, 0) is 35.0 Å². The lowest BCUT2D eigenvalue weighted by molar-refractivity contribution is -0.129. The SMILES string of the molecule is O=C(CSc1nnc(-c2cccnc2)o1)N1CCN(S(=O)(=O)c2ccc3ccccc3c2)CC1. The lowest BCUT2D eigenvalue weighted by Gasteiger charge is -2.34. The zero-order chi connectivity index (χ0) is 23.5. The Balaban J connectivity index is 1.17. The van der Waals surface area contributed by atoms with Gasteiger partial charge in [0.15, 0.2) is 0 Å². The van der Waals surface area contributed by atoms with Crippen LogP contribution < -0.4 is 0 Å². The summed E-state index contributed by atoms with van der Waals surface area (Å²) in [6, 6.07) is 16.4. The third-order valence-electron chi connectivity index (χ3n) is 5.58. The average molecular weight is 496 g/mol. The molecule has 0 radical (unpaired) electrons. The largest absolute Gasteiger partial charge is 0.411 e. The minimum Gasteiger partial charge on any atom is -0.411 e. The summed E-state index contributed by atoms with van der Waals surface area (Å²) >= 11 is 1.16. The molecule has 2 aromatic heterocycles. The number of hydrogen-bond donors (Lipinski definition) is 0. The highest BCUT2D eigenvalue weighted by Gasteiger charge is 2.30. The number of rotatable bonds is 6. The third-order valence-corrected chi connectivity index (χ3v) is 8.28. The van der Waals surface area contributed by atoms with Crippen LogP contribution in [-0.4, -0.2) is 70.6 Å². The average Bonchev–Trinajstić information content (AvgIpc) is 3.37. The van der Waals surface area contributed by atoms with Gasteiger partial charge in [-0.2, -0.15) is 4.31 Å². The van der Waals surface area contributed by atoms with E-state index in [2.05, 4.69) is 15.2 Å². The molecule has 1 fully saturated rings. The van der Waals surface area contributed by atoms with Crippen LogP contribution in [0.5, 0.6) is 0 Å². The summed E-state index contributed by atoms with van der Waals surface area (Å²) < 4.78 is 33.3. The Bertz CT molecular complexity index is 1420. The van der Waals surface area contributed by atoms with Crippen molar-refractivity contribution in [2.75, 3.05) is 31.9 Å². The van der Waals surface area contributed by atoms with Crippen LogP contribution in [0.2, 0.25) is 0 Å². The van der Waals surface area contributed by atoms with Crippen molar-refractivity contribution >= 4 is 38.5 Å². The van der Waals surface area contributed by atoms with Crippen molar-refractivity contribution in [2.24, 2.45) is 0 Å². The van der Waals surface area contributed by atoms with E-state index in [1.807, 2.05) is 36.4 Å². The number of thioether (sulfide) groups is 1. The molecule has 1 saturated heterocycles. The summed E-state index contributed by atoms with van der Waals surface area (Å²) in [7, 11) is -3.63. The minimum absolute atomic E-state index is 0.103. The number of amides is 1. The molecular weight excluding hydrogens is 474 g/mol. The van der Waals surface area contributed by atoms with E-state index in [9.17, 15) is 13.2 Å². The van der Waals surface area contributed by atoms with Crippen LogP contribution >= 0.6 is 11.8 Å². The van der Waals surface area contributed by atoms with Gasteiger partial charge in [0.2, 0.25) is 21.8 Å². The zero-order valence-electron chi connectivity index (χ0n) is 18.1. The van der Waals surface area contributed by atoms with Gasteiger partial charge >= 0.3 is 0 Å². The first-order valence-corrected chi connectivity index (χ1v) is 13.1. The van der Waals surface area contributed by atoms with Gasteiger partial charge in [0, 0.05) is 38.6 Å². The topological polar surface area (TPSA) is 109 Å². The van der Waals surface area contributed by atoms with Gasteiger partial charge in [-0.1, -0.05) is 42.1 Å². The quantitative estimate of drug-likeness (QED) is 0.376. The second-order valence-electron chi connectivity index (χ2n) is 7.70. The lowest BCUT2D eigenvalue weighted by Crippen LogP contribution is -2.50. The molecule has 2 aromatic carbocycles. The second kappa shape index (κ2) is 9.53. The number of carbonyl (C=O) groups is 1. The zero-order valence-corrected chi connectivity index (χ0v) is 19.7. The fourth-order valence-corrected chi connectivity index (χ4v) is 5.87. The third kappa shape index (κ3) is 4.67. The second-order valence-corrected chi connectivity index (χ2v) is 10.6. The maximum absolute atomic E-state index is 13.1. The van der Waals surface area contributed by atoms with Crippen molar-refractivity contribution in [3.05, 3.63) is 67.0 Å². The fraction of sp³-hybridized carbons (Fsp3) is 0.217. The van der Waals surface area contributed by atoms with Crippen molar-refractivity contribution in [3.8, 4) is 11.5 Å². The van der Waals surface area contributed by atoms with Gasteiger partial charge in [0.25, 0.3) is 5.22 Å².